The summed E-state index contributed by atoms with van der Waals surface area (Å²) in [5, 5.41) is 4.72. The predicted molar refractivity (Wildman–Crippen MR) is 99.3 cm³/mol. The number of hydrogen-bond donors (Lipinski definition) is 0. The molecule has 0 unspecified atom stereocenters. The van der Waals surface area contributed by atoms with Crippen LogP contribution in [-0.2, 0) is 6.54 Å². The van der Waals surface area contributed by atoms with E-state index in [0.717, 1.165) is 24.5 Å². The van der Waals surface area contributed by atoms with Gasteiger partial charge in [-0.15, -0.1) is 5.10 Å². The van der Waals surface area contributed by atoms with E-state index in [9.17, 15) is 4.79 Å². The van der Waals surface area contributed by atoms with Gasteiger partial charge in [0.05, 0.1) is 12.7 Å². The number of anilines is 1. The Balaban J connectivity index is 1.72. The molecule has 0 aromatic carbocycles. The van der Waals surface area contributed by atoms with Crippen molar-refractivity contribution in [1.82, 2.24) is 24.1 Å². The number of imidazole rings is 1. The molecule has 0 bridgehead atoms. The summed E-state index contributed by atoms with van der Waals surface area (Å²) in [5.74, 6) is 7.85. The van der Waals surface area contributed by atoms with Gasteiger partial charge in [-0.25, -0.2) is 14.5 Å². The summed E-state index contributed by atoms with van der Waals surface area (Å²) in [4.78, 5) is 23.5. The fourth-order valence-corrected chi connectivity index (χ4v) is 3.14. The molecule has 26 heavy (non-hydrogen) atoms. The molecule has 0 N–H and O–H groups in total. The second-order valence-electron chi connectivity index (χ2n) is 6.62. The van der Waals surface area contributed by atoms with Gasteiger partial charge in [-0.3, -0.25) is 9.36 Å². The summed E-state index contributed by atoms with van der Waals surface area (Å²) in [6, 6.07) is 5.66. The van der Waals surface area contributed by atoms with Crippen LogP contribution in [0.4, 0.5) is 5.95 Å². The van der Waals surface area contributed by atoms with Crippen molar-refractivity contribution in [3.63, 3.8) is 0 Å². The summed E-state index contributed by atoms with van der Waals surface area (Å²) in [7, 11) is 0. The van der Waals surface area contributed by atoms with Gasteiger partial charge in [0, 0.05) is 25.2 Å². The average Bonchev–Trinajstić information content (AvgIpc) is 3.08. The third-order valence-electron chi connectivity index (χ3n) is 4.42. The Morgan fingerprint density at radius 2 is 2.12 bits per heavy atom. The first-order chi connectivity index (χ1) is 12.6. The molecule has 1 aliphatic rings. The second kappa shape index (κ2) is 6.64. The van der Waals surface area contributed by atoms with Gasteiger partial charge in [-0.05, 0) is 24.5 Å². The number of nitrogens with zero attached hydrogens (tertiary/aromatic N) is 6. The van der Waals surface area contributed by atoms with Crippen LogP contribution >= 0.6 is 0 Å². The van der Waals surface area contributed by atoms with E-state index < -0.39 is 0 Å². The summed E-state index contributed by atoms with van der Waals surface area (Å²) in [6.45, 7) is 6.08. The van der Waals surface area contributed by atoms with Gasteiger partial charge in [-0.1, -0.05) is 25.8 Å². The lowest BCUT2D eigenvalue weighted by Crippen LogP contribution is -2.40. The normalized spacial score (nSPS) is 13.6. The van der Waals surface area contributed by atoms with Gasteiger partial charge in [0.1, 0.15) is 11.5 Å². The highest BCUT2D eigenvalue weighted by Crippen LogP contribution is 2.19. The van der Waals surface area contributed by atoms with Crippen molar-refractivity contribution in [1.29, 1.82) is 0 Å². The van der Waals surface area contributed by atoms with Crippen molar-refractivity contribution in [2.24, 2.45) is 0 Å². The smallest absolute Gasteiger partial charge is 0.280 e. The summed E-state index contributed by atoms with van der Waals surface area (Å²) in [6.07, 6.45) is 4.24. The average molecular weight is 348 g/mol. The SMILES string of the molecule is CC(C)c1ncc2c(=O)n3c(nn12)N(CC#Cc1ccccn1)CCC3. The number of rotatable bonds is 2. The highest BCUT2D eigenvalue weighted by molar-refractivity contribution is 5.47. The molecule has 7 heteroatoms. The van der Waals surface area contributed by atoms with Crippen LogP contribution < -0.4 is 10.5 Å². The van der Waals surface area contributed by atoms with Crippen LogP contribution in [-0.4, -0.2) is 37.2 Å². The minimum atomic E-state index is -0.0446. The first kappa shape index (κ1) is 16.3. The summed E-state index contributed by atoms with van der Waals surface area (Å²) >= 11 is 0. The molecule has 7 nitrogen and oxygen atoms in total. The van der Waals surface area contributed by atoms with Gasteiger partial charge < -0.3 is 4.90 Å². The van der Waals surface area contributed by atoms with E-state index in [1.54, 1.807) is 21.5 Å². The highest BCUT2D eigenvalue weighted by atomic mass is 16.1. The van der Waals surface area contributed by atoms with Crippen molar-refractivity contribution in [3.05, 3.63) is 52.5 Å². The van der Waals surface area contributed by atoms with E-state index in [4.69, 9.17) is 5.10 Å². The van der Waals surface area contributed by atoms with E-state index in [1.807, 2.05) is 36.9 Å². The zero-order chi connectivity index (χ0) is 18.1. The third-order valence-corrected chi connectivity index (χ3v) is 4.42. The largest absolute Gasteiger partial charge is 0.330 e. The molecular formula is C19H20N6O. The van der Waals surface area contributed by atoms with E-state index in [-0.39, 0.29) is 11.5 Å². The maximum Gasteiger partial charge on any atom is 0.280 e. The van der Waals surface area contributed by atoms with Crippen LogP contribution in [0.3, 0.4) is 0 Å². The minimum Gasteiger partial charge on any atom is -0.330 e. The number of hydrogen-bond acceptors (Lipinski definition) is 5. The molecule has 0 radical (unpaired) electrons. The predicted octanol–water partition coefficient (Wildman–Crippen LogP) is 1.67. The van der Waals surface area contributed by atoms with Crippen molar-refractivity contribution in [3.8, 4) is 11.8 Å². The molecule has 3 aromatic heterocycles. The maximum absolute atomic E-state index is 12.8. The first-order valence-electron chi connectivity index (χ1n) is 8.78. The Morgan fingerprint density at radius 3 is 2.88 bits per heavy atom. The Bertz CT molecular complexity index is 1050. The molecule has 0 spiro atoms. The van der Waals surface area contributed by atoms with Crippen molar-refractivity contribution < 1.29 is 0 Å². The third kappa shape index (κ3) is 2.84. The van der Waals surface area contributed by atoms with Gasteiger partial charge in [-0.2, -0.15) is 0 Å². The van der Waals surface area contributed by atoms with Crippen LogP contribution in [0.15, 0.2) is 35.4 Å². The molecule has 3 aromatic rings. The lowest BCUT2D eigenvalue weighted by atomic mass is 10.2. The maximum atomic E-state index is 12.8. The number of pyridine rings is 1. The molecule has 0 aliphatic carbocycles. The zero-order valence-corrected chi connectivity index (χ0v) is 14.9. The van der Waals surface area contributed by atoms with Crippen LogP contribution in [0, 0.1) is 11.8 Å². The Labute approximate surface area is 151 Å². The van der Waals surface area contributed by atoms with E-state index >= 15 is 0 Å². The molecular weight excluding hydrogens is 328 g/mol. The van der Waals surface area contributed by atoms with E-state index in [2.05, 4.69) is 21.8 Å². The van der Waals surface area contributed by atoms with Crippen LogP contribution in [0.25, 0.3) is 5.52 Å². The van der Waals surface area contributed by atoms with E-state index in [0.29, 0.717) is 24.6 Å². The molecule has 0 atom stereocenters. The zero-order valence-electron chi connectivity index (χ0n) is 14.9. The quantitative estimate of drug-likeness (QED) is 0.659. The van der Waals surface area contributed by atoms with Gasteiger partial charge in [0.15, 0.2) is 5.52 Å². The lowest BCUT2D eigenvalue weighted by Gasteiger charge is -2.29. The topological polar surface area (TPSA) is 68.3 Å². The molecule has 0 saturated heterocycles. The van der Waals surface area contributed by atoms with Gasteiger partial charge in [0.2, 0.25) is 5.95 Å². The molecule has 4 heterocycles. The van der Waals surface area contributed by atoms with Crippen molar-refractivity contribution in [2.75, 3.05) is 18.0 Å². The first-order valence-corrected chi connectivity index (χ1v) is 8.78. The number of aromatic nitrogens is 5. The molecule has 0 fully saturated rings. The van der Waals surface area contributed by atoms with Crippen molar-refractivity contribution in [2.45, 2.75) is 32.7 Å². The Hall–Kier alpha value is -3.14. The van der Waals surface area contributed by atoms with Crippen molar-refractivity contribution >= 4 is 11.5 Å². The van der Waals surface area contributed by atoms with Crippen LogP contribution in [0.1, 0.15) is 37.7 Å². The second-order valence-corrected chi connectivity index (χ2v) is 6.62. The highest BCUT2D eigenvalue weighted by Gasteiger charge is 2.22. The molecule has 4 rings (SSSR count). The molecule has 1 aliphatic heterocycles. The Kier molecular flexibility index (Phi) is 4.17. The minimum absolute atomic E-state index is 0.0446. The molecule has 132 valence electrons. The van der Waals surface area contributed by atoms with Crippen LogP contribution in [0.5, 0.6) is 0 Å². The molecule has 0 amide bonds. The number of fused-ring (bicyclic) bond motifs is 2. The van der Waals surface area contributed by atoms with Gasteiger partial charge in [0.25, 0.3) is 5.56 Å². The Morgan fingerprint density at radius 1 is 1.23 bits per heavy atom. The monoisotopic (exact) mass is 348 g/mol. The molecule has 0 saturated carbocycles. The van der Waals surface area contributed by atoms with E-state index in [1.165, 1.54) is 0 Å². The fourth-order valence-electron chi connectivity index (χ4n) is 3.14. The fraction of sp³-hybridized carbons (Fsp3) is 0.368. The van der Waals surface area contributed by atoms with Crippen LogP contribution in [0.2, 0.25) is 0 Å². The summed E-state index contributed by atoms with van der Waals surface area (Å²) in [5.41, 5.74) is 1.22. The lowest BCUT2D eigenvalue weighted by molar-refractivity contribution is 0.530. The standard InChI is InChI=1S/C19H20N6O/c1-14(2)17-21-13-16-18(26)24-12-6-11-23(19(24)22-25(16)17)10-5-8-15-7-3-4-9-20-15/h3-4,7,9,13-14H,6,10-12H2,1-2H3. The summed E-state index contributed by atoms with van der Waals surface area (Å²) < 4.78 is 3.41. The van der Waals surface area contributed by atoms with Gasteiger partial charge >= 0.3 is 0 Å².